The predicted octanol–water partition coefficient (Wildman–Crippen LogP) is 4.68. The van der Waals surface area contributed by atoms with Gasteiger partial charge in [-0.25, -0.2) is 4.98 Å². The lowest BCUT2D eigenvalue weighted by molar-refractivity contribution is -0.115. The quantitative estimate of drug-likeness (QED) is 0.328. The number of hydrogen-bond donors (Lipinski definition) is 1. The van der Waals surface area contributed by atoms with Gasteiger partial charge in [-0.3, -0.25) is 14.2 Å². The molecule has 0 fully saturated rings. The number of halogens is 1. The first-order valence-corrected chi connectivity index (χ1v) is 10.9. The SMILES string of the molecule is C[C@H](Sc1nc2cc(Cl)ccc2c(=O)n1Cc1ccco1)C(=O)Nc1cccc(C#N)c1. The number of nitriles is 1. The molecule has 0 aliphatic carbocycles. The summed E-state index contributed by atoms with van der Waals surface area (Å²) in [6, 6.07) is 17.1. The van der Waals surface area contributed by atoms with Crippen molar-refractivity contribution in [2.24, 2.45) is 0 Å². The fourth-order valence-electron chi connectivity index (χ4n) is 3.08. The lowest BCUT2D eigenvalue weighted by atomic mass is 10.2. The maximum Gasteiger partial charge on any atom is 0.262 e. The van der Waals surface area contributed by atoms with Crippen molar-refractivity contribution in [3.05, 3.63) is 87.6 Å². The monoisotopic (exact) mass is 464 g/mol. The zero-order chi connectivity index (χ0) is 22.7. The van der Waals surface area contributed by atoms with Crippen molar-refractivity contribution < 1.29 is 9.21 Å². The highest BCUT2D eigenvalue weighted by Crippen LogP contribution is 2.25. The molecular formula is C23H17ClN4O3S. The highest BCUT2D eigenvalue weighted by Gasteiger charge is 2.20. The van der Waals surface area contributed by atoms with Crippen molar-refractivity contribution in [1.29, 1.82) is 5.26 Å². The second kappa shape index (κ2) is 9.30. The van der Waals surface area contributed by atoms with Crippen molar-refractivity contribution in [3.8, 4) is 6.07 Å². The van der Waals surface area contributed by atoms with E-state index in [-0.39, 0.29) is 18.0 Å². The van der Waals surface area contributed by atoms with Gasteiger partial charge < -0.3 is 9.73 Å². The molecular weight excluding hydrogens is 448 g/mol. The van der Waals surface area contributed by atoms with Gasteiger partial charge >= 0.3 is 0 Å². The lowest BCUT2D eigenvalue weighted by Crippen LogP contribution is -2.27. The van der Waals surface area contributed by atoms with Crippen LogP contribution in [0.5, 0.6) is 0 Å². The Bertz CT molecular complexity index is 1390. The number of benzene rings is 2. The molecule has 0 saturated heterocycles. The van der Waals surface area contributed by atoms with Crippen LogP contribution in [0, 0.1) is 11.3 Å². The van der Waals surface area contributed by atoms with Crippen LogP contribution in [-0.4, -0.2) is 20.7 Å². The van der Waals surface area contributed by atoms with Crippen molar-refractivity contribution in [1.82, 2.24) is 9.55 Å². The number of carbonyl (C=O) groups is 1. The van der Waals surface area contributed by atoms with Gasteiger partial charge in [0.1, 0.15) is 5.76 Å². The number of fused-ring (bicyclic) bond motifs is 1. The Morgan fingerprint density at radius 3 is 2.88 bits per heavy atom. The first-order valence-electron chi connectivity index (χ1n) is 9.65. The summed E-state index contributed by atoms with van der Waals surface area (Å²) >= 11 is 7.25. The largest absolute Gasteiger partial charge is 0.467 e. The lowest BCUT2D eigenvalue weighted by Gasteiger charge is -2.16. The smallest absolute Gasteiger partial charge is 0.262 e. The van der Waals surface area contributed by atoms with Gasteiger partial charge in [-0.1, -0.05) is 29.4 Å². The Morgan fingerprint density at radius 2 is 2.12 bits per heavy atom. The van der Waals surface area contributed by atoms with Crippen LogP contribution in [0.1, 0.15) is 18.2 Å². The van der Waals surface area contributed by atoms with E-state index in [0.717, 1.165) is 11.8 Å². The van der Waals surface area contributed by atoms with Crippen LogP contribution in [0.15, 0.2) is 75.2 Å². The van der Waals surface area contributed by atoms with Crippen molar-refractivity contribution in [3.63, 3.8) is 0 Å². The summed E-state index contributed by atoms with van der Waals surface area (Å²) in [7, 11) is 0. The molecule has 0 aliphatic rings. The van der Waals surface area contributed by atoms with Crippen molar-refractivity contribution >= 4 is 45.9 Å². The summed E-state index contributed by atoms with van der Waals surface area (Å²) in [5, 5.41) is 12.5. The van der Waals surface area contributed by atoms with E-state index in [0.29, 0.717) is 38.1 Å². The number of amides is 1. The molecule has 1 N–H and O–H groups in total. The van der Waals surface area contributed by atoms with Crippen LogP contribution in [0.4, 0.5) is 5.69 Å². The molecule has 1 atom stereocenters. The van der Waals surface area contributed by atoms with Gasteiger partial charge in [0.25, 0.3) is 5.56 Å². The topological polar surface area (TPSA) is 101 Å². The highest BCUT2D eigenvalue weighted by atomic mass is 35.5. The minimum Gasteiger partial charge on any atom is -0.467 e. The van der Waals surface area contributed by atoms with E-state index in [4.69, 9.17) is 21.3 Å². The van der Waals surface area contributed by atoms with Crippen molar-refractivity contribution in [2.75, 3.05) is 5.32 Å². The Hall–Kier alpha value is -3.54. The maximum atomic E-state index is 13.2. The van der Waals surface area contributed by atoms with E-state index >= 15 is 0 Å². The van der Waals surface area contributed by atoms with Crippen LogP contribution in [0.3, 0.4) is 0 Å². The molecule has 0 aliphatic heterocycles. The number of thioether (sulfide) groups is 1. The Labute approximate surface area is 192 Å². The fraction of sp³-hybridized carbons (Fsp3) is 0.130. The molecule has 160 valence electrons. The number of aromatic nitrogens is 2. The number of carbonyl (C=O) groups excluding carboxylic acids is 1. The Morgan fingerprint density at radius 1 is 1.28 bits per heavy atom. The Balaban J connectivity index is 1.66. The van der Waals surface area contributed by atoms with Gasteiger partial charge in [-0.15, -0.1) is 0 Å². The Kier molecular flexibility index (Phi) is 6.30. The molecule has 4 aromatic rings. The van der Waals surface area contributed by atoms with Crippen LogP contribution >= 0.6 is 23.4 Å². The molecule has 7 nitrogen and oxygen atoms in total. The van der Waals surface area contributed by atoms with Gasteiger partial charge in [0, 0.05) is 10.7 Å². The maximum absolute atomic E-state index is 13.2. The zero-order valence-electron chi connectivity index (χ0n) is 16.9. The number of nitrogens with zero attached hydrogens (tertiary/aromatic N) is 3. The first-order chi connectivity index (χ1) is 15.4. The van der Waals surface area contributed by atoms with Gasteiger partial charge in [-0.05, 0) is 55.5 Å². The summed E-state index contributed by atoms with van der Waals surface area (Å²) in [5.74, 6) is 0.310. The third-order valence-electron chi connectivity index (χ3n) is 4.69. The van der Waals surface area contributed by atoms with Crippen LogP contribution in [0.25, 0.3) is 10.9 Å². The summed E-state index contributed by atoms with van der Waals surface area (Å²) in [6.07, 6.45) is 1.53. The molecule has 2 aromatic carbocycles. The van der Waals surface area contributed by atoms with Gasteiger partial charge in [0.2, 0.25) is 5.91 Å². The number of anilines is 1. The minimum absolute atomic E-state index is 0.179. The molecule has 0 unspecified atom stereocenters. The molecule has 0 bridgehead atoms. The summed E-state index contributed by atoms with van der Waals surface area (Å²) in [5.41, 5.74) is 1.17. The molecule has 0 saturated carbocycles. The summed E-state index contributed by atoms with van der Waals surface area (Å²) in [4.78, 5) is 30.6. The summed E-state index contributed by atoms with van der Waals surface area (Å²) < 4.78 is 6.89. The highest BCUT2D eigenvalue weighted by molar-refractivity contribution is 8.00. The average molecular weight is 465 g/mol. The van der Waals surface area contributed by atoms with Gasteiger partial charge in [-0.2, -0.15) is 5.26 Å². The third-order valence-corrected chi connectivity index (χ3v) is 6.01. The molecule has 9 heteroatoms. The fourth-order valence-corrected chi connectivity index (χ4v) is 4.16. The molecule has 4 rings (SSSR count). The standard InChI is InChI=1S/C23H17ClN4O3S/c1-14(21(29)26-17-5-2-4-15(10-17)12-25)32-23-27-20-11-16(24)7-8-19(20)22(30)28(23)13-18-6-3-9-31-18/h2-11,14H,13H2,1H3,(H,26,29)/t14-/m0/s1. The number of furan rings is 1. The van der Waals surface area contributed by atoms with E-state index in [1.54, 1.807) is 61.5 Å². The third kappa shape index (κ3) is 4.69. The molecule has 0 radical (unpaired) electrons. The zero-order valence-corrected chi connectivity index (χ0v) is 18.5. The normalized spacial score (nSPS) is 11.8. The van der Waals surface area contributed by atoms with E-state index in [1.165, 1.54) is 10.8 Å². The minimum atomic E-state index is -0.577. The van der Waals surface area contributed by atoms with E-state index < -0.39 is 5.25 Å². The van der Waals surface area contributed by atoms with Crippen LogP contribution in [0.2, 0.25) is 5.02 Å². The van der Waals surface area contributed by atoms with Gasteiger partial charge in [0.05, 0.1) is 40.6 Å². The second-order valence-corrected chi connectivity index (χ2v) is 8.71. The molecule has 0 spiro atoms. The molecule has 1 amide bonds. The van der Waals surface area contributed by atoms with Crippen LogP contribution in [-0.2, 0) is 11.3 Å². The predicted molar refractivity (Wildman–Crippen MR) is 124 cm³/mol. The van der Waals surface area contributed by atoms with Crippen LogP contribution < -0.4 is 10.9 Å². The van der Waals surface area contributed by atoms with E-state index in [9.17, 15) is 9.59 Å². The second-order valence-electron chi connectivity index (χ2n) is 6.97. The number of rotatable bonds is 6. The first kappa shape index (κ1) is 21.7. The van der Waals surface area contributed by atoms with E-state index in [2.05, 4.69) is 10.3 Å². The van der Waals surface area contributed by atoms with E-state index in [1.807, 2.05) is 6.07 Å². The van der Waals surface area contributed by atoms with Crippen molar-refractivity contribution in [2.45, 2.75) is 23.9 Å². The number of hydrogen-bond acceptors (Lipinski definition) is 6. The molecule has 2 heterocycles. The molecule has 32 heavy (non-hydrogen) atoms. The van der Waals surface area contributed by atoms with Gasteiger partial charge in [0.15, 0.2) is 5.16 Å². The molecule has 2 aromatic heterocycles. The average Bonchev–Trinajstić information content (AvgIpc) is 3.29. The summed E-state index contributed by atoms with van der Waals surface area (Å²) in [6.45, 7) is 1.90. The number of nitrogens with one attached hydrogen (secondary N) is 1.